The lowest BCUT2D eigenvalue weighted by Crippen LogP contribution is -2.59. The van der Waals surface area contributed by atoms with Gasteiger partial charge >= 0.3 is 24.3 Å². The van der Waals surface area contributed by atoms with Gasteiger partial charge in [0.15, 0.2) is 5.60 Å². The first kappa shape index (κ1) is 36.8. The van der Waals surface area contributed by atoms with Crippen LogP contribution in [0.1, 0.15) is 22.6 Å². The number of hydrogen-bond donors (Lipinski definition) is 2. The first-order valence-corrected chi connectivity index (χ1v) is 13.7. The Bertz CT molecular complexity index is 1480. The van der Waals surface area contributed by atoms with Crippen molar-refractivity contribution in [1.82, 2.24) is 24.6 Å². The number of aromatic nitrogens is 3. The standard InChI is InChI=1S/C25H29N5O3.2C2HF3O2/c1-28-14-20(12-27-28)15-29-17-23(21-4-3-9-26-13-21)25(18-29)24(31)30(10-11-33-25)16-19-5-7-22(32-2)8-6-19;2*3-2(4,5)1(6)7/h3-9,12-14,23H,10-11,15-18H2,1-2H3;2*(H,6,7). The topological polar surface area (TPSA) is 147 Å². The Morgan fingerprint density at radius 3 is 2.11 bits per heavy atom. The summed E-state index contributed by atoms with van der Waals surface area (Å²) in [6.45, 7) is 3.63. The van der Waals surface area contributed by atoms with Crippen molar-refractivity contribution in [1.29, 1.82) is 0 Å². The summed E-state index contributed by atoms with van der Waals surface area (Å²) in [5.74, 6) is -4.75. The quantitative estimate of drug-likeness (QED) is 0.373. The molecule has 47 heavy (non-hydrogen) atoms. The van der Waals surface area contributed by atoms with Gasteiger partial charge in [-0.3, -0.25) is 19.4 Å². The number of carboxylic acid groups (broad SMARTS) is 2. The molecule has 256 valence electrons. The second-order valence-electron chi connectivity index (χ2n) is 10.4. The predicted octanol–water partition coefficient (Wildman–Crippen LogP) is 3.49. The second-order valence-corrected chi connectivity index (χ2v) is 10.4. The average Bonchev–Trinajstić information content (AvgIpc) is 3.59. The van der Waals surface area contributed by atoms with E-state index in [1.165, 1.54) is 0 Å². The molecule has 2 aromatic heterocycles. The molecular weight excluding hydrogens is 644 g/mol. The molecule has 2 aliphatic rings. The van der Waals surface area contributed by atoms with Crippen LogP contribution in [0.5, 0.6) is 5.75 Å². The van der Waals surface area contributed by atoms with Crippen LogP contribution in [0.2, 0.25) is 0 Å². The number of morpholine rings is 1. The lowest BCUT2D eigenvalue weighted by Gasteiger charge is -2.42. The first-order chi connectivity index (χ1) is 22.0. The van der Waals surface area contributed by atoms with Crippen LogP contribution in [0.4, 0.5) is 26.3 Å². The normalized spacial score (nSPS) is 19.8. The zero-order valence-corrected chi connectivity index (χ0v) is 25.0. The van der Waals surface area contributed by atoms with Crippen molar-refractivity contribution in [3.8, 4) is 5.75 Å². The van der Waals surface area contributed by atoms with Crippen LogP contribution >= 0.6 is 0 Å². The van der Waals surface area contributed by atoms with Gasteiger partial charge in [-0.05, 0) is 29.3 Å². The number of nitrogens with zero attached hydrogens (tertiary/aromatic N) is 5. The summed E-state index contributed by atoms with van der Waals surface area (Å²) in [6.07, 6.45) is -2.65. The van der Waals surface area contributed by atoms with Gasteiger partial charge in [-0.25, -0.2) is 9.59 Å². The van der Waals surface area contributed by atoms with E-state index >= 15 is 0 Å². The SMILES string of the molecule is COc1ccc(CN2CCOC3(CN(Cc4cnn(C)c4)CC3c3cccnc3)C2=O)cc1.O=C(O)C(F)(F)F.O=C(O)C(F)(F)F. The molecule has 0 aliphatic carbocycles. The fourth-order valence-electron chi connectivity index (χ4n) is 5.04. The van der Waals surface area contributed by atoms with Gasteiger partial charge in [0.1, 0.15) is 5.75 Å². The Kier molecular flexibility index (Phi) is 11.9. The van der Waals surface area contributed by atoms with Gasteiger partial charge in [0.2, 0.25) is 0 Å². The van der Waals surface area contributed by atoms with Gasteiger partial charge in [0.25, 0.3) is 5.91 Å². The van der Waals surface area contributed by atoms with Crippen LogP contribution in [-0.2, 0) is 39.3 Å². The Balaban J connectivity index is 0.000000360. The lowest BCUT2D eigenvalue weighted by molar-refractivity contribution is -0.193. The summed E-state index contributed by atoms with van der Waals surface area (Å²) < 4.78 is 76.9. The minimum Gasteiger partial charge on any atom is -0.497 e. The number of carboxylic acids is 2. The molecule has 12 nitrogen and oxygen atoms in total. The maximum atomic E-state index is 14.0. The number of likely N-dealkylation sites (tertiary alicyclic amines) is 1. The van der Waals surface area contributed by atoms with Crippen molar-refractivity contribution in [2.75, 3.05) is 33.4 Å². The molecule has 3 aromatic rings. The molecule has 2 saturated heterocycles. The van der Waals surface area contributed by atoms with E-state index in [1.807, 2.05) is 66.9 Å². The van der Waals surface area contributed by atoms with Crippen molar-refractivity contribution in [3.05, 3.63) is 77.9 Å². The third kappa shape index (κ3) is 9.89. The summed E-state index contributed by atoms with van der Waals surface area (Å²) in [5, 5.41) is 18.5. The number of methoxy groups -OCH3 is 1. The van der Waals surface area contributed by atoms with Gasteiger partial charge in [0, 0.05) is 69.8 Å². The lowest BCUT2D eigenvalue weighted by atomic mass is 9.83. The van der Waals surface area contributed by atoms with Crippen molar-refractivity contribution >= 4 is 17.8 Å². The molecule has 5 rings (SSSR count). The van der Waals surface area contributed by atoms with E-state index in [0.717, 1.165) is 35.5 Å². The van der Waals surface area contributed by atoms with Gasteiger partial charge in [-0.1, -0.05) is 18.2 Å². The molecule has 18 heteroatoms. The minimum absolute atomic E-state index is 0.0482. The molecule has 2 N–H and O–H groups in total. The van der Waals surface area contributed by atoms with Crippen LogP contribution in [0.3, 0.4) is 0 Å². The molecule has 0 saturated carbocycles. The number of rotatable bonds is 6. The Morgan fingerprint density at radius 1 is 1.00 bits per heavy atom. The van der Waals surface area contributed by atoms with Crippen molar-refractivity contribution < 1.29 is 60.4 Å². The highest BCUT2D eigenvalue weighted by molar-refractivity contribution is 5.88. The highest BCUT2D eigenvalue weighted by Gasteiger charge is 2.57. The number of hydrogen-bond acceptors (Lipinski definition) is 8. The fourth-order valence-corrected chi connectivity index (χ4v) is 5.04. The molecule has 4 heterocycles. The van der Waals surface area contributed by atoms with Crippen LogP contribution < -0.4 is 4.74 Å². The predicted molar refractivity (Wildman–Crippen MR) is 150 cm³/mol. The monoisotopic (exact) mass is 675 g/mol. The van der Waals surface area contributed by atoms with E-state index in [9.17, 15) is 31.1 Å². The molecule has 0 bridgehead atoms. The first-order valence-electron chi connectivity index (χ1n) is 13.7. The van der Waals surface area contributed by atoms with E-state index in [4.69, 9.17) is 29.3 Å². The number of pyridine rings is 1. The number of carbonyl (C=O) groups is 3. The Morgan fingerprint density at radius 2 is 1.62 bits per heavy atom. The molecule has 0 radical (unpaired) electrons. The molecule has 1 spiro atoms. The van der Waals surface area contributed by atoms with Crippen LogP contribution in [0.15, 0.2) is 61.2 Å². The third-order valence-corrected chi connectivity index (χ3v) is 7.10. The van der Waals surface area contributed by atoms with Crippen molar-refractivity contribution in [3.63, 3.8) is 0 Å². The number of aliphatic carboxylic acids is 2. The van der Waals surface area contributed by atoms with Crippen LogP contribution in [0, 0.1) is 0 Å². The molecular formula is C29H31F6N5O7. The minimum atomic E-state index is -5.08. The number of ether oxygens (including phenoxy) is 2. The highest BCUT2D eigenvalue weighted by Crippen LogP contribution is 2.42. The molecule has 2 aliphatic heterocycles. The van der Waals surface area contributed by atoms with Crippen LogP contribution in [-0.4, -0.2) is 104 Å². The van der Waals surface area contributed by atoms with Gasteiger partial charge in [0.05, 0.1) is 19.9 Å². The summed E-state index contributed by atoms with van der Waals surface area (Å²) in [6, 6.07) is 11.9. The molecule has 2 atom stereocenters. The third-order valence-electron chi connectivity index (χ3n) is 7.10. The Labute approximate surface area is 264 Å². The van der Waals surface area contributed by atoms with Gasteiger partial charge in [-0.15, -0.1) is 0 Å². The zero-order chi connectivity index (χ0) is 35.0. The van der Waals surface area contributed by atoms with Gasteiger partial charge < -0.3 is 24.6 Å². The van der Waals surface area contributed by atoms with Gasteiger partial charge in [-0.2, -0.15) is 31.4 Å². The summed E-state index contributed by atoms with van der Waals surface area (Å²) in [4.78, 5) is 40.3. The second kappa shape index (κ2) is 15.3. The van der Waals surface area contributed by atoms with Crippen molar-refractivity contribution in [2.45, 2.75) is 37.0 Å². The summed E-state index contributed by atoms with van der Waals surface area (Å²) in [7, 11) is 3.57. The van der Waals surface area contributed by atoms with E-state index in [0.29, 0.717) is 26.2 Å². The number of carbonyl (C=O) groups excluding carboxylic acids is 1. The number of alkyl halides is 6. The summed E-state index contributed by atoms with van der Waals surface area (Å²) in [5.41, 5.74) is 2.31. The maximum absolute atomic E-state index is 14.0. The molecule has 1 amide bonds. The van der Waals surface area contributed by atoms with E-state index in [1.54, 1.807) is 18.0 Å². The molecule has 1 aromatic carbocycles. The van der Waals surface area contributed by atoms with E-state index < -0.39 is 29.9 Å². The Hall–Kier alpha value is -4.71. The largest absolute Gasteiger partial charge is 0.497 e. The number of halogens is 6. The van der Waals surface area contributed by atoms with E-state index in [-0.39, 0.29) is 11.8 Å². The molecule has 2 unspecified atom stereocenters. The maximum Gasteiger partial charge on any atom is 0.490 e. The number of aryl methyl sites for hydroxylation is 1. The number of amides is 1. The summed E-state index contributed by atoms with van der Waals surface area (Å²) >= 11 is 0. The molecule has 2 fully saturated rings. The fraction of sp³-hybridized carbons (Fsp3) is 0.414. The van der Waals surface area contributed by atoms with Crippen molar-refractivity contribution in [2.24, 2.45) is 7.05 Å². The smallest absolute Gasteiger partial charge is 0.490 e. The van der Waals surface area contributed by atoms with Crippen LogP contribution in [0.25, 0.3) is 0 Å². The average molecular weight is 676 g/mol. The highest BCUT2D eigenvalue weighted by atomic mass is 19.4. The number of benzene rings is 1. The van der Waals surface area contributed by atoms with E-state index in [2.05, 4.69) is 15.0 Å². The zero-order valence-electron chi connectivity index (χ0n) is 25.0.